The summed E-state index contributed by atoms with van der Waals surface area (Å²) in [5.41, 5.74) is 8.29. The molecule has 6 heteroatoms. The van der Waals surface area contributed by atoms with Crippen LogP contribution in [-0.2, 0) is 0 Å². The Morgan fingerprint density at radius 1 is 1.43 bits per heavy atom. The fourth-order valence-electron chi connectivity index (χ4n) is 2.90. The van der Waals surface area contributed by atoms with Crippen LogP contribution in [0.2, 0.25) is 0 Å². The van der Waals surface area contributed by atoms with Crippen molar-refractivity contribution in [1.82, 2.24) is 10.6 Å². The molecule has 3 rings (SSSR count). The predicted octanol–water partition coefficient (Wildman–Crippen LogP) is 1.76. The Morgan fingerprint density at radius 3 is 2.95 bits per heavy atom. The molecule has 1 saturated carbocycles. The van der Waals surface area contributed by atoms with Crippen LogP contribution in [0.3, 0.4) is 0 Å². The average Bonchev–Trinajstić information content (AvgIpc) is 3.27. The Kier molecular flexibility index (Phi) is 4.35. The molecule has 1 aliphatic heterocycles. The number of carbonyl (C=O) groups excluding carboxylic acids is 1. The molecule has 1 amide bonds. The van der Waals surface area contributed by atoms with Crippen LogP contribution < -0.4 is 21.3 Å². The van der Waals surface area contributed by atoms with Gasteiger partial charge in [0.2, 0.25) is 0 Å². The molecular weight excluding hydrogens is 284 g/mol. The molecule has 2 heterocycles. The highest BCUT2D eigenvalue weighted by Crippen LogP contribution is 2.52. The van der Waals surface area contributed by atoms with Crippen LogP contribution in [0.15, 0.2) is 0 Å². The zero-order valence-corrected chi connectivity index (χ0v) is 13.4. The zero-order valence-electron chi connectivity index (χ0n) is 12.6. The maximum absolute atomic E-state index is 12.2. The molecule has 1 aliphatic carbocycles. The normalized spacial score (nSPS) is 19.4. The van der Waals surface area contributed by atoms with Crippen LogP contribution >= 0.6 is 11.3 Å². The first-order valence-corrected chi connectivity index (χ1v) is 8.70. The van der Waals surface area contributed by atoms with Gasteiger partial charge >= 0.3 is 0 Å². The third-order valence-electron chi connectivity index (χ3n) is 4.12. The van der Waals surface area contributed by atoms with E-state index in [2.05, 4.69) is 15.5 Å². The Balaban J connectivity index is 1.94. The highest BCUT2D eigenvalue weighted by atomic mass is 32.1. The number of hydrogen-bond donors (Lipinski definition) is 3. The van der Waals surface area contributed by atoms with E-state index in [9.17, 15) is 4.79 Å². The summed E-state index contributed by atoms with van der Waals surface area (Å²) >= 11 is 1.58. The SMILES string of the molecule is CCNC(=O)c1sc(N2CCCNCC2)c(C2CC2)c1N. The van der Waals surface area contributed by atoms with Crippen LogP contribution in [0.25, 0.3) is 0 Å². The highest BCUT2D eigenvalue weighted by molar-refractivity contribution is 7.18. The van der Waals surface area contributed by atoms with E-state index < -0.39 is 0 Å². The van der Waals surface area contributed by atoms with Crippen molar-refractivity contribution in [3.8, 4) is 0 Å². The molecule has 0 unspecified atom stereocenters. The molecular formula is C15H24N4OS. The number of rotatable bonds is 4. The van der Waals surface area contributed by atoms with Crippen molar-refractivity contribution >= 4 is 27.9 Å². The highest BCUT2D eigenvalue weighted by Gasteiger charge is 2.34. The number of amides is 1. The number of nitrogens with zero attached hydrogens (tertiary/aromatic N) is 1. The van der Waals surface area contributed by atoms with Gasteiger partial charge in [0.05, 0.1) is 10.7 Å². The summed E-state index contributed by atoms with van der Waals surface area (Å²) in [7, 11) is 0. The first-order valence-electron chi connectivity index (χ1n) is 7.88. The summed E-state index contributed by atoms with van der Waals surface area (Å²) in [5, 5.41) is 7.54. The molecule has 2 aliphatic rings. The lowest BCUT2D eigenvalue weighted by atomic mass is 10.1. The lowest BCUT2D eigenvalue weighted by Gasteiger charge is -2.22. The molecule has 0 spiro atoms. The van der Waals surface area contributed by atoms with Crippen molar-refractivity contribution in [3.63, 3.8) is 0 Å². The minimum Gasteiger partial charge on any atom is -0.397 e. The maximum atomic E-state index is 12.2. The van der Waals surface area contributed by atoms with Gasteiger partial charge in [-0.05, 0) is 38.6 Å². The summed E-state index contributed by atoms with van der Waals surface area (Å²) in [6.07, 6.45) is 3.54. The van der Waals surface area contributed by atoms with E-state index >= 15 is 0 Å². The van der Waals surface area contributed by atoms with Crippen molar-refractivity contribution in [1.29, 1.82) is 0 Å². The van der Waals surface area contributed by atoms with Gasteiger partial charge in [0, 0.05) is 31.7 Å². The number of nitrogens with one attached hydrogen (secondary N) is 2. The minimum absolute atomic E-state index is 0.0268. The molecule has 1 saturated heterocycles. The third-order valence-corrected chi connectivity index (χ3v) is 5.40. The zero-order chi connectivity index (χ0) is 14.8. The van der Waals surface area contributed by atoms with Crippen molar-refractivity contribution in [2.45, 2.75) is 32.1 Å². The molecule has 0 aromatic carbocycles. The summed E-state index contributed by atoms with van der Waals surface area (Å²) in [6.45, 7) is 6.68. The first kappa shape index (κ1) is 14.7. The number of anilines is 2. The van der Waals surface area contributed by atoms with Crippen molar-refractivity contribution < 1.29 is 4.79 Å². The smallest absolute Gasteiger partial charge is 0.263 e. The average molecular weight is 308 g/mol. The number of carbonyl (C=O) groups is 1. The number of thiophene rings is 1. The lowest BCUT2D eigenvalue weighted by Crippen LogP contribution is -2.27. The number of nitrogens with two attached hydrogens (primary N) is 1. The Morgan fingerprint density at radius 2 is 2.24 bits per heavy atom. The maximum Gasteiger partial charge on any atom is 0.263 e. The topological polar surface area (TPSA) is 70.4 Å². The predicted molar refractivity (Wildman–Crippen MR) is 88.4 cm³/mol. The molecule has 5 nitrogen and oxygen atoms in total. The first-order chi connectivity index (χ1) is 10.2. The van der Waals surface area contributed by atoms with Gasteiger partial charge in [-0.2, -0.15) is 0 Å². The summed E-state index contributed by atoms with van der Waals surface area (Å²) < 4.78 is 0. The van der Waals surface area contributed by atoms with Crippen LogP contribution in [-0.4, -0.2) is 38.6 Å². The van der Waals surface area contributed by atoms with Gasteiger partial charge in [0.25, 0.3) is 5.91 Å². The summed E-state index contributed by atoms with van der Waals surface area (Å²) in [4.78, 5) is 15.3. The largest absolute Gasteiger partial charge is 0.397 e. The Bertz CT molecular complexity index is 516. The molecule has 21 heavy (non-hydrogen) atoms. The van der Waals surface area contributed by atoms with Crippen LogP contribution in [0.4, 0.5) is 10.7 Å². The second-order valence-electron chi connectivity index (χ2n) is 5.79. The summed E-state index contributed by atoms with van der Waals surface area (Å²) in [5.74, 6) is 0.539. The standard InChI is InChI=1S/C15H24N4OS/c1-2-18-14(20)13-12(16)11(10-4-5-10)15(21-13)19-8-3-6-17-7-9-19/h10,17H,2-9,16H2,1H3,(H,18,20). The summed E-state index contributed by atoms with van der Waals surface area (Å²) in [6, 6.07) is 0. The molecule has 0 bridgehead atoms. The lowest BCUT2D eigenvalue weighted by molar-refractivity contribution is 0.0960. The van der Waals surface area contributed by atoms with Crippen molar-refractivity contribution in [2.75, 3.05) is 43.4 Å². The van der Waals surface area contributed by atoms with Gasteiger partial charge < -0.3 is 21.3 Å². The molecule has 1 aromatic heterocycles. The second kappa shape index (κ2) is 6.23. The van der Waals surface area contributed by atoms with Crippen LogP contribution in [0.5, 0.6) is 0 Å². The van der Waals surface area contributed by atoms with E-state index in [0.717, 1.165) is 38.3 Å². The van der Waals surface area contributed by atoms with E-state index in [1.165, 1.54) is 23.4 Å². The molecule has 2 fully saturated rings. The van der Waals surface area contributed by atoms with Crippen LogP contribution in [0.1, 0.15) is 47.3 Å². The van der Waals surface area contributed by atoms with Crippen LogP contribution in [0, 0.1) is 0 Å². The third kappa shape index (κ3) is 3.01. The van der Waals surface area contributed by atoms with Gasteiger partial charge in [0.1, 0.15) is 4.88 Å². The van der Waals surface area contributed by atoms with E-state index in [0.29, 0.717) is 17.3 Å². The van der Waals surface area contributed by atoms with Gasteiger partial charge in [-0.15, -0.1) is 11.3 Å². The van der Waals surface area contributed by atoms with E-state index in [1.807, 2.05) is 6.92 Å². The fraction of sp³-hybridized carbons (Fsp3) is 0.667. The van der Waals surface area contributed by atoms with E-state index in [4.69, 9.17) is 5.73 Å². The van der Waals surface area contributed by atoms with Crippen molar-refractivity contribution in [3.05, 3.63) is 10.4 Å². The van der Waals surface area contributed by atoms with Crippen molar-refractivity contribution in [2.24, 2.45) is 0 Å². The fourth-order valence-corrected chi connectivity index (χ4v) is 4.18. The number of nitrogen functional groups attached to an aromatic ring is 1. The second-order valence-corrected chi connectivity index (χ2v) is 6.79. The quantitative estimate of drug-likeness (QED) is 0.792. The van der Waals surface area contributed by atoms with Gasteiger partial charge in [-0.3, -0.25) is 4.79 Å². The van der Waals surface area contributed by atoms with Gasteiger partial charge in [0.15, 0.2) is 0 Å². The monoisotopic (exact) mass is 308 g/mol. The van der Waals surface area contributed by atoms with Gasteiger partial charge in [-0.25, -0.2) is 0 Å². The van der Waals surface area contributed by atoms with E-state index in [1.54, 1.807) is 11.3 Å². The molecule has 0 atom stereocenters. The molecule has 4 N–H and O–H groups in total. The van der Waals surface area contributed by atoms with Gasteiger partial charge in [-0.1, -0.05) is 0 Å². The molecule has 0 radical (unpaired) electrons. The number of hydrogen-bond acceptors (Lipinski definition) is 5. The molecule has 1 aromatic rings. The molecule has 116 valence electrons. The Hall–Kier alpha value is -1.27. The van der Waals surface area contributed by atoms with E-state index in [-0.39, 0.29) is 5.91 Å². The Labute approximate surface area is 129 Å². The minimum atomic E-state index is -0.0268.